The van der Waals surface area contributed by atoms with Crippen LogP contribution >= 0.6 is 0 Å². The van der Waals surface area contributed by atoms with E-state index in [0.29, 0.717) is 31.9 Å². The molecule has 0 radical (unpaired) electrons. The van der Waals surface area contributed by atoms with Gasteiger partial charge in [0.2, 0.25) is 11.6 Å². The summed E-state index contributed by atoms with van der Waals surface area (Å²) in [4.78, 5) is 32.9. The number of aromatic nitrogens is 2. The van der Waals surface area contributed by atoms with Gasteiger partial charge in [0, 0.05) is 32.9 Å². The molecule has 0 aliphatic rings. The Labute approximate surface area is 161 Å². The van der Waals surface area contributed by atoms with Crippen LogP contribution < -0.4 is 15.8 Å². The Morgan fingerprint density at radius 1 is 1.14 bits per heavy atom. The SMILES string of the molecule is COCCN(CCOC)c1ncnc(NNC(=O)c2ccccc2)c1[N+](=O)[O-]. The van der Waals surface area contributed by atoms with E-state index < -0.39 is 10.8 Å². The monoisotopic (exact) mass is 390 g/mol. The van der Waals surface area contributed by atoms with Gasteiger partial charge in [-0.25, -0.2) is 9.97 Å². The number of methoxy groups -OCH3 is 2. The van der Waals surface area contributed by atoms with E-state index in [4.69, 9.17) is 9.47 Å². The maximum Gasteiger partial charge on any atom is 0.355 e. The Morgan fingerprint density at radius 3 is 2.36 bits per heavy atom. The maximum atomic E-state index is 12.2. The van der Waals surface area contributed by atoms with Gasteiger partial charge in [0.25, 0.3) is 5.91 Å². The third-order valence-electron chi connectivity index (χ3n) is 3.75. The average Bonchev–Trinajstić information content (AvgIpc) is 2.72. The van der Waals surface area contributed by atoms with E-state index >= 15 is 0 Å². The lowest BCUT2D eigenvalue weighted by atomic mass is 10.2. The molecule has 2 aromatic rings. The van der Waals surface area contributed by atoms with Crippen LogP contribution in [0.1, 0.15) is 10.4 Å². The number of rotatable bonds is 11. The molecule has 28 heavy (non-hydrogen) atoms. The highest BCUT2D eigenvalue weighted by Gasteiger charge is 2.27. The lowest BCUT2D eigenvalue weighted by molar-refractivity contribution is -0.383. The molecule has 0 bridgehead atoms. The van der Waals surface area contributed by atoms with Crippen LogP contribution in [0.3, 0.4) is 0 Å². The van der Waals surface area contributed by atoms with Crippen LogP contribution in [0.15, 0.2) is 36.7 Å². The average molecular weight is 390 g/mol. The van der Waals surface area contributed by atoms with E-state index in [2.05, 4.69) is 20.8 Å². The molecule has 2 N–H and O–H groups in total. The Kier molecular flexibility index (Phi) is 8.06. The molecule has 11 heteroatoms. The number of hydrogen-bond donors (Lipinski definition) is 2. The highest BCUT2D eigenvalue weighted by atomic mass is 16.6. The number of nitro groups is 1. The molecule has 11 nitrogen and oxygen atoms in total. The minimum Gasteiger partial charge on any atom is -0.383 e. The van der Waals surface area contributed by atoms with Crippen molar-refractivity contribution >= 4 is 23.2 Å². The molecule has 0 aliphatic carbocycles. The standard InChI is InChI=1S/C17H22N6O5/c1-27-10-8-22(9-11-28-2)16-14(23(25)26)15(18-12-19-16)20-21-17(24)13-6-4-3-5-7-13/h3-7,12H,8-11H2,1-2H3,(H,21,24)(H,18,19,20). The summed E-state index contributed by atoms with van der Waals surface area (Å²) in [7, 11) is 3.07. The van der Waals surface area contributed by atoms with E-state index in [9.17, 15) is 14.9 Å². The number of hydrazine groups is 1. The number of nitrogens with one attached hydrogen (secondary N) is 2. The largest absolute Gasteiger partial charge is 0.383 e. The van der Waals surface area contributed by atoms with Crippen molar-refractivity contribution in [3.8, 4) is 0 Å². The van der Waals surface area contributed by atoms with Crippen LogP contribution in [-0.4, -0.2) is 61.3 Å². The van der Waals surface area contributed by atoms with Gasteiger partial charge in [-0.1, -0.05) is 18.2 Å². The molecule has 0 aliphatic heterocycles. The lowest BCUT2D eigenvalue weighted by Gasteiger charge is -2.23. The van der Waals surface area contributed by atoms with Crippen molar-refractivity contribution in [1.82, 2.24) is 15.4 Å². The molecule has 0 atom stereocenters. The fourth-order valence-corrected chi connectivity index (χ4v) is 2.36. The predicted molar refractivity (Wildman–Crippen MR) is 102 cm³/mol. The van der Waals surface area contributed by atoms with Crippen molar-refractivity contribution < 1.29 is 19.2 Å². The molecule has 0 saturated carbocycles. The summed E-state index contributed by atoms with van der Waals surface area (Å²) in [6.07, 6.45) is 1.19. The zero-order chi connectivity index (χ0) is 20.4. The zero-order valence-electron chi connectivity index (χ0n) is 15.6. The fourth-order valence-electron chi connectivity index (χ4n) is 2.36. The Hall–Kier alpha value is -3.31. The van der Waals surface area contributed by atoms with E-state index in [-0.39, 0.29) is 17.3 Å². The number of benzene rings is 1. The van der Waals surface area contributed by atoms with Crippen LogP contribution in [0.2, 0.25) is 0 Å². The van der Waals surface area contributed by atoms with Crippen molar-refractivity contribution in [2.75, 3.05) is 50.8 Å². The summed E-state index contributed by atoms with van der Waals surface area (Å²) in [5.74, 6) is -0.477. The van der Waals surface area contributed by atoms with Gasteiger partial charge in [0.15, 0.2) is 0 Å². The van der Waals surface area contributed by atoms with Crippen molar-refractivity contribution in [1.29, 1.82) is 0 Å². The highest BCUT2D eigenvalue weighted by Crippen LogP contribution is 2.31. The number of carbonyl (C=O) groups excluding carboxylic acids is 1. The minimum absolute atomic E-state index is 0.102. The van der Waals surface area contributed by atoms with Gasteiger partial charge in [-0.2, -0.15) is 0 Å². The van der Waals surface area contributed by atoms with E-state index in [1.165, 1.54) is 20.5 Å². The number of amides is 1. The maximum absolute atomic E-state index is 12.2. The molecule has 0 spiro atoms. The second kappa shape index (κ2) is 10.7. The topological polar surface area (TPSA) is 132 Å². The van der Waals surface area contributed by atoms with Crippen molar-refractivity contribution in [2.24, 2.45) is 0 Å². The molecular weight excluding hydrogens is 368 g/mol. The third-order valence-corrected chi connectivity index (χ3v) is 3.75. The third kappa shape index (κ3) is 5.59. The fraction of sp³-hybridized carbons (Fsp3) is 0.353. The minimum atomic E-state index is -0.598. The Balaban J connectivity index is 2.25. The highest BCUT2D eigenvalue weighted by molar-refractivity contribution is 5.95. The number of hydrogen-bond acceptors (Lipinski definition) is 9. The Bertz CT molecular complexity index is 781. The Morgan fingerprint density at radius 2 is 1.79 bits per heavy atom. The summed E-state index contributed by atoms with van der Waals surface area (Å²) < 4.78 is 10.1. The van der Waals surface area contributed by atoms with Gasteiger partial charge in [-0.3, -0.25) is 25.8 Å². The second-order valence-electron chi connectivity index (χ2n) is 5.57. The summed E-state index contributed by atoms with van der Waals surface area (Å²) in [5, 5.41) is 11.7. The first-order chi connectivity index (χ1) is 13.6. The van der Waals surface area contributed by atoms with E-state index in [1.807, 2.05) is 0 Å². The van der Waals surface area contributed by atoms with Crippen LogP contribution in [0.5, 0.6) is 0 Å². The van der Waals surface area contributed by atoms with Gasteiger partial charge in [-0.05, 0) is 12.1 Å². The predicted octanol–water partition coefficient (Wildman–Crippen LogP) is 1.24. The van der Waals surface area contributed by atoms with Gasteiger partial charge in [0.05, 0.1) is 18.1 Å². The number of nitrogens with zero attached hydrogens (tertiary/aromatic N) is 4. The smallest absolute Gasteiger partial charge is 0.355 e. The summed E-state index contributed by atoms with van der Waals surface area (Å²) >= 11 is 0. The quantitative estimate of drug-likeness (QED) is 0.429. The molecule has 1 heterocycles. The van der Waals surface area contributed by atoms with Gasteiger partial charge in [-0.15, -0.1) is 0 Å². The van der Waals surface area contributed by atoms with Crippen LogP contribution in [0, 0.1) is 10.1 Å². The van der Waals surface area contributed by atoms with Crippen molar-refractivity contribution in [3.63, 3.8) is 0 Å². The molecule has 1 amide bonds. The molecule has 0 fully saturated rings. The van der Waals surface area contributed by atoms with Gasteiger partial charge >= 0.3 is 5.69 Å². The molecule has 0 saturated heterocycles. The second-order valence-corrected chi connectivity index (χ2v) is 5.57. The van der Waals surface area contributed by atoms with Crippen molar-refractivity contribution in [2.45, 2.75) is 0 Å². The molecule has 150 valence electrons. The van der Waals surface area contributed by atoms with Gasteiger partial charge in [0.1, 0.15) is 6.33 Å². The normalized spacial score (nSPS) is 10.4. The molecule has 0 unspecified atom stereocenters. The molecular formula is C17H22N6O5. The first-order valence-electron chi connectivity index (χ1n) is 8.42. The molecule has 1 aromatic carbocycles. The number of ether oxygens (including phenoxy) is 2. The lowest BCUT2D eigenvalue weighted by Crippen LogP contribution is -2.33. The number of anilines is 2. The first-order valence-corrected chi connectivity index (χ1v) is 8.42. The van der Waals surface area contributed by atoms with Gasteiger partial charge < -0.3 is 14.4 Å². The van der Waals surface area contributed by atoms with Crippen molar-refractivity contribution in [3.05, 3.63) is 52.3 Å². The molecule has 1 aromatic heterocycles. The summed E-state index contributed by atoms with van der Waals surface area (Å²) in [5.41, 5.74) is 4.97. The zero-order valence-corrected chi connectivity index (χ0v) is 15.6. The van der Waals surface area contributed by atoms with E-state index in [1.54, 1.807) is 35.2 Å². The number of carbonyl (C=O) groups is 1. The van der Waals surface area contributed by atoms with Crippen LogP contribution in [0.25, 0.3) is 0 Å². The summed E-state index contributed by atoms with van der Waals surface area (Å²) in [6, 6.07) is 8.44. The first kappa shape index (κ1) is 21.0. The van der Waals surface area contributed by atoms with Crippen LogP contribution in [-0.2, 0) is 9.47 Å². The molecule has 2 rings (SSSR count). The van der Waals surface area contributed by atoms with Crippen LogP contribution in [0.4, 0.5) is 17.3 Å². The summed E-state index contributed by atoms with van der Waals surface area (Å²) in [6.45, 7) is 1.43. The van der Waals surface area contributed by atoms with E-state index in [0.717, 1.165) is 0 Å².